The molecule has 0 aliphatic heterocycles. The number of carboxylic acids is 2. The van der Waals surface area contributed by atoms with Crippen LogP contribution < -0.4 is 0 Å². The minimum atomic E-state index is -1.05. The Kier molecular flexibility index (Phi) is 11.3. The second-order valence-electron chi connectivity index (χ2n) is 4.88. The Labute approximate surface area is 122 Å². The highest BCUT2D eigenvalue weighted by Gasteiger charge is 2.20. The third-order valence-corrected chi connectivity index (χ3v) is 5.33. The number of ether oxygens (including phenoxy) is 2. The van der Waals surface area contributed by atoms with Crippen molar-refractivity contribution in [3.05, 3.63) is 0 Å². The summed E-state index contributed by atoms with van der Waals surface area (Å²) in [6.07, 6.45) is 4.02. The lowest BCUT2D eigenvalue weighted by Crippen LogP contribution is -2.20. The molecule has 7 heteroatoms. The van der Waals surface area contributed by atoms with Crippen LogP contribution in [0, 0.1) is 5.92 Å². The van der Waals surface area contributed by atoms with Gasteiger partial charge in [0.25, 0.3) is 0 Å². The molecule has 0 rings (SSSR count). The molecule has 0 aromatic carbocycles. The van der Waals surface area contributed by atoms with Crippen molar-refractivity contribution >= 4 is 21.5 Å². The fourth-order valence-electron chi connectivity index (χ4n) is 2.09. The number of aliphatic carboxylic acids is 2. The molecular formula is C13H26O6Si. The molecule has 0 heterocycles. The molecule has 1 atom stereocenters. The van der Waals surface area contributed by atoms with E-state index in [-0.39, 0.29) is 21.9 Å². The number of rotatable bonds is 13. The molecule has 0 bridgehead atoms. The maximum atomic E-state index is 10.9. The molecule has 0 aromatic heterocycles. The topological polar surface area (TPSA) is 93.1 Å². The largest absolute Gasteiger partial charge is 0.481 e. The summed E-state index contributed by atoms with van der Waals surface area (Å²) >= 11 is 0. The maximum Gasteiger partial charge on any atom is 0.307 e. The van der Waals surface area contributed by atoms with E-state index in [0.717, 1.165) is 31.7 Å². The van der Waals surface area contributed by atoms with Gasteiger partial charge in [0.05, 0.1) is 21.9 Å². The van der Waals surface area contributed by atoms with E-state index in [9.17, 15) is 9.59 Å². The van der Waals surface area contributed by atoms with Crippen molar-refractivity contribution in [2.45, 2.75) is 50.5 Å². The molecule has 0 saturated heterocycles. The van der Waals surface area contributed by atoms with E-state index >= 15 is 0 Å². The van der Waals surface area contributed by atoms with Crippen molar-refractivity contribution in [2.24, 2.45) is 5.92 Å². The van der Waals surface area contributed by atoms with Crippen molar-refractivity contribution in [1.29, 1.82) is 0 Å². The fourth-order valence-corrected chi connectivity index (χ4v) is 3.53. The maximum absolute atomic E-state index is 10.9. The standard InChI is InChI=1S/C13H26O6Si/c1-18-13(19-2)20-8-6-4-3-5-7-10(12(16)17)9-11(14)15/h10,13H,3-9,20H2,1-2H3,(H,14,15)(H,16,17). The molecular weight excluding hydrogens is 280 g/mol. The number of carbonyl (C=O) groups is 2. The van der Waals surface area contributed by atoms with Gasteiger partial charge in [0.2, 0.25) is 0 Å². The SMILES string of the molecule is COC(OC)[SiH2]CCCCCCC(CC(=O)O)C(=O)O. The normalized spacial score (nSPS) is 13.2. The minimum absolute atomic E-state index is 0.0121. The van der Waals surface area contributed by atoms with Crippen molar-refractivity contribution in [2.75, 3.05) is 14.2 Å². The van der Waals surface area contributed by atoms with Gasteiger partial charge in [-0.1, -0.05) is 31.7 Å². The first kappa shape index (κ1) is 19.1. The van der Waals surface area contributed by atoms with Crippen molar-refractivity contribution in [1.82, 2.24) is 0 Å². The lowest BCUT2D eigenvalue weighted by atomic mass is 9.98. The number of carboxylic acid groups (broad SMARTS) is 2. The first-order valence-corrected chi connectivity index (χ1v) is 8.83. The summed E-state index contributed by atoms with van der Waals surface area (Å²) in [4.78, 5) is 21.4. The van der Waals surface area contributed by atoms with Gasteiger partial charge in [-0.05, 0) is 6.42 Å². The number of unbranched alkanes of at least 4 members (excludes halogenated alkanes) is 3. The Balaban J connectivity index is 3.59. The van der Waals surface area contributed by atoms with Crippen molar-refractivity contribution < 1.29 is 29.3 Å². The highest BCUT2D eigenvalue weighted by molar-refractivity contribution is 6.36. The predicted octanol–water partition coefficient (Wildman–Crippen LogP) is 1.28. The summed E-state index contributed by atoms with van der Waals surface area (Å²) in [5.41, 5.74) is 0. The second-order valence-corrected chi connectivity index (χ2v) is 6.83. The van der Waals surface area contributed by atoms with Crippen molar-refractivity contribution in [3.63, 3.8) is 0 Å². The summed E-state index contributed by atoms with van der Waals surface area (Å²) in [5, 5.41) is 17.5. The first-order chi connectivity index (χ1) is 9.51. The number of methoxy groups -OCH3 is 2. The van der Waals surface area contributed by atoms with E-state index in [1.165, 1.54) is 0 Å². The molecule has 0 spiro atoms. The Morgan fingerprint density at radius 2 is 1.65 bits per heavy atom. The summed E-state index contributed by atoms with van der Waals surface area (Å²) in [6.45, 7) is 0. The monoisotopic (exact) mass is 306 g/mol. The van der Waals surface area contributed by atoms with Crippen LogP contribution in [-0.4, -0.2) is 51.8 Å². The van der Waals surface area contributed by atoms with Gasteiger partial charge in [0.15, 0.2) is 0 Å². The van der Waals surface area contributed by atoms with Crippen LogP contribution in [0.4, 0.5) is 0 Å². The number of hydrogen-bond acceptors (Lipinski definition) is 4. The summed E-state index contributed by atoms with van der Waals surface area (Å²) in [7, 11) is 2.93. The summed E-state index contributed by atoms with van der Waals surface area (Å²) in [6, 6.07) is 1.14. The molecule has 118 valence electrons. The highest BCUT2D eigenvalue weighted by Crippen LogP contribution is 2.15. The smallest absolute Gasteiger partial charge is 0.307 e. The van der Waals surface area contributed by atoms with E-state index in [0.29, 0.717) is 6.42 Å². The highest BCUT2D eigenvalue weighted by atomic mass is 28.2. The second kappa shape index (κ2) is 11.9. The van der Waals surface area contributed by atoms with Gasteiger partial charge in [0.1, 0.15) is 5.91 Å². The Bertz CT molecular complexity index is 280. The molecule has 0 radical (unpaired) electrons. The molecule has 6 nitrogen and oxygen atoms in total. The molecule has 0 aliphatic carbocycles. The van der Waals surface area contributed by atoms with Gasteiger partial charge < -0.3 is 19.7 Å². The predicted molar refractivity (Wildman–Crippen MR) is 77.6 cm³/mol. The Morgan fingerprint density at radius 3 is 2.15 bits per heavy atom. The van der Waals surface area contributed by atoms with Crippen LogP contribution in [-0.2, 0) is 19.1 Å². The van der Waals surface area contributed by atoms with Crippen LogP contribution in [0.2, 0.25) is 6.04 Å². The first-order valence-electron chi connectivity index (χ1n) is 7.01. The van der Waals surface area contributed by atoms with Crippen molar-refractivity contribution in [3.8, 4) is 0 Å². The van der Waals surface area contributed by atoms with Crippen LogP contribution in [0.25, 0.3) is 0 Å². The Hall–Kier alpha value is -0.923. The molecule has 0 saturated carbocycles. The van der Waals surface area contributed by atoms with Crippen LogP contribution in [0.3, 0.4) is 0 Å². The summed E-state index contributed by atoms with van der Waals surface area (Å²) < 4.78 is 10.3. The molecule has 0 aromatic rings. The molecule has 0 amide bonds. The van der Waals surface area contributed by atoms with Crippen LogP contribution in [0.1, 0.15) is 38.5 Å². The molecule has 20 heavy (non-hydrogen) atoms. The van der Waals surface area contributed by atoms with E-state index in [2.05, 4.69) is 0 Å². The van der Waals surface area contributed by atoms with Gasteiger partial charge in [-0.25, -0.2) is 0 Å². The third-order valence-electron chi connectivity index (χ3n) is 3.29. The lowest BCUT2D eigenvalue weighted by Gasteiger charge is -2.12. The van der Waals surface area contributed by atoms with Crippen LogP contribution in [0.15, 0.2) is 0 Å². The van der Waals surface area contributed by atoms with Gasteiger partial charge in [-0.15, -0.1) is 0 Å². The van der Waals surface area contributed by atoms with Crippen LogP contribution >= 0.6 is 0 Å². The minimum Gasteiger partial charge on any atom is -0.481 e. The van der Waals surface area contributed by atoms with E-state index in [4.69, 9.17) is 19.7 Å². The third kappa shape index (κ3) is 9.94. The zero-order valence-electron chi connectivity index (χ0n) is 12.3. The van der Waals surface area contributed by atoms with Gasteiger partial charge in [-0.3, -0.25) is 9.59 Å². The Morgan fingerprint density at radius 1 is 1.05 bits per heavy atom. The molecule has 0 fully saturated rings. The fraction of sp³-hybridized carbons (Fsp3) is 0.846. The summed E-state index contributed by atoms with van der Waals surface area (Å²) in [5.74, 6) is -2.83. The van der Waals surface area contributed by atoms with E-state index < -0.39 is 17.9 Å². The molecule has 1 unspecified atom stereocenters. The van der Waals surface area contributed by atoms with E-state index in [1.807, 2.05) is 0 Å². The average Bonchev–Trinajstić information content (AvgIpc) is 2.40. The average molecular weight is 306 g/mol. The van der Waals surface area contributed by atoms with Gasteiger partial charge in [-0.2, -0.15) is 0 Å². The van der Waals surface area contributed by atoms with Gasteiger partial charge >= 0.3 is 11.9 Å². The molecule has 0 aliphatic rings. The lowest BCUT2D eigenvalue weighted by molar-refractivity contribution is -0.148. The van der Waals surface area contributed by atoms with Crippen LogP contribution in [0.5, 0.6) is 0 Å². The molecule has 2 N–H and O–H groups in total. The van der Waals surface area contributed by atoms with E-state index in [1.54, 1.807) is 14.2 Å². The zero-order valence-corrected chi connectivity index (χ0v) is 13.8. The van der Waals surface area contributed by atoms with Gasteiger partial charge in [0, 0.05) is 14.2 Å². The number of hydrogen-bond donors (Lipinski definition) is 2. The quantitative estimate of drug-likeness (QED) is 0.302. The zero-order chi connectivity index (χ0) is 15.4.